The minimum atomic E-state index is -0.0796. The molecule has 5 nitrogen and oxygen atoms in total. The second kappa shape index (κ2) is 8.91. The lowest BCUT2D eigenvalue weighted by Crippen LogP contribution is -2.50. The molecular formula is C21H23ClN2O3. The number of hydrogen-bond acceptors (Lipinski definition) is 3. The van der Waals surface area contributed by atoms with Crippen LogP contribution in [0.15, 0.2) is 48.5 Å². The van der Waals surface area contributed by atoms with Crippen molar-refractivity contribution in [2.75, 3.05) is 33.3 Å². The SMILES string of the molecule is COc1cccc(CCC(=O)N2CCN(C(=O)c3ccccc3Cl)CC2)c1. The number of aryl methyl sites for hydroxylation is 1. The van der Waals surface area contributed by atoms with Gasteiger partial charge in [-0.25, -0.2) is 0 Å². The first-order valence-corrected chi connectivity index (χ1v) is 9.41. The molecular weight excluding hydrogens is 364 g/mol. The summed E-state index contributed by atoms with van der Waals surface area (Å²) in [5.41, 5.74) is 1.59. The van der Waals surface area contributed by atoms with E-state index in [-0.39, 0.29) is 11.8 Å². The first kappa shape index (κ1) is 19.2. The highest BCUT2D eigenvalue weighted by Crippen LogP contribution is 2.19. The van der Waals surface area contributed by atoms with Gasteiger partial charge in [0.25, 0.3) is 5.91 Å². The van der Waals surface area contributed by atoms with Gasteiger partial charge in [-0.05, 0) is 36.2 Å². The molecule has 6 heteroatoms. The van der Waals surface area contributed by atoms with Crippen molar-refractivity contribution in [2.24, 2.45) is 0 Å². The molecule has 3 rings (SSSR count). The third-order valence-corrected chi connectivity index (χ3v) is 5.12. The van der Waals surface area contributed by atoms with Crippen molar-refractivity contribution < 1.29 is 14.3 Å². The van der Waals surface area contributed by atoms with E-state index in [0.29, 0.717) is 49.6 Å². The van der Waals surface area contributed by atoms with Gasteiger partial charge in [0, 0.05) is 32.6 Å². The summed E-state index contributed by atoms with van der Waals surface area (Å²) >= 11 is 6.12. The number of carbonyl (C=O) groups excluding carboxylic acids is 2. The maximum absolute atomic E-state index is 12.6. The van der Waals surface area contributed by atoms with Crippen LogP contribution in [0.2, 0.25) is 5.02 Å². The molecule has 0 spiro atoms. The Labute approximate surface area is 164 Å². The van der Waals surface area contributed by atoms with Crippen LogP contribution in [0.3, 0.4) is 0 Å². The van der Waals surface area contributed by atoms with Crippen molar-refractivity contribution in [3.63, 3.8) is 0 Å². The molecule has 1 heterocycles. The number of hydrogen-bond donors (Lipinski definition) is 0. The van der Waals surface area contributed by atoms with Gasteiger partial charge in [-0.1, -0.05) is 35.9 Å². The minimum absolute atomic E-state index is 0.0796. The van der Waals surface area contributed by atoms with Gasteiger partial charge in [-0.2, -0.15) is 0 Å². The van der Waals surface area contributed by atoms with E-state index in [1.165, 1.54) is 0 Å². The summed E-state index contributed by atoms with van der Waals surface area (Å²) in [5.74, 6) is 0.832. The molecule has 0 bridgehead atoms. The summed E-state index contributed by atoms with van der Waals surface area (Å²) in [6.45, 7) is 2.14. The highest BCUT2D eigenvalue weighted by atomic mass is 35.5. The summed E-state index contributed by atoms with van der Waals surface area (Å²) in [5, 5.41) is 0.458. The van der Waals surface area contributed by atoms with Crippen LogP contribution >= 0.6 is 11.6 Å². The summed E-state index contributed by atoms with van der Waals surface area (Å²) in [6, 6.07) is 14.8. The molecule has 2 amide bonds. The van der Waals surface area contributed by atoms with Crippen LogP contribution < -0.4 is 4.74 Å². The van der Waals surface area contributed by atoms with E-state index in [0.717, 1.165) is 11.3 Å². The molecule has 0 saturated carbocycles. The van der Waals surface area contributed by atoms with Gasteiger partial charge in [0.15, 0.2) is 0 Å². The normalized spacial score (nSPS) is 14.1. The van der Waals surface area contributed by atoms with E-state index in [1.807, 2.05) is 29.2 Å². The van der Waals surface area contributed by atoms with Crippen LogP contribution in [-0.4, -0.2) is 54.9 Å². The fourth-order valence-electron chi connectivity index (χ4n) is 3.20. The van der Waals surface area contributed by atoms with E-state index >= 15 is 0 Å². The zero-order valence-corrected chi connectivity index (χ0v) is 16.1. The Morgan fingerprint density at radius 3 is 2.41 bits per heavy atom. The average molecular weight is 387 g/mol. The molecule has 0 aliphatic carbocycles. The van der Waals surface area contributed by atoms with E-state index in [2.05, 4.69) is 0 Å². The first-order valence-electron chi connectivity index (χ1n) is 9.03. The number of piperazine rings is 1. The lowest BCUT2D eigenvalue weighted by molar-refractivity contribution is -0.132. The number of methoxy groups -OCH3 is 1. The first-order chi connectivity index (χ1) is 13.1. The zero-order valence-electron chi connectivity index (χ0n) is 15.4. The van der Waals surface area contributed by atoms with Crippen LogP contribution in [0, 0.1) is 0 Å². The highest BCUT2D eigenvalue weighted by Gasteiger charge is 2.25. The van der Waals surface area contributed by atoms with Crippen molar-refractivity contribution in [1.29, 1.82) is 0 Å². The predicted molar refractivity (Wildman–Crippen MR) is 105 cm³/mol. The maximum atomic E-state index is 12.6. The molecule has 1 aliphatic rings. The Hall–Kier alpha value is -2.53. The quantitative estimate of drug-likeness (QED) is 0.792. The topological polar surface area (TPSA) is 49.9 Å². The molecule has 2 aromatic rings. The van der Waals surface area contributed by atoms with Crippen LogP contribution in [-0.2, 0) is 11.2 Å². The van der Waals surface area contributed by atoms with E-state index in [4.69, 9.17) is 16.3 Å². The molecule has 1 fully saturated rings. The third-order valence-electron chi connectivity index (χ3n) is 4.79. The summed E-state index contributed by atoms with van der Waals surface area (Å²) < 4.78 is 5.21. The van der Waals surface area contributed by atoms with Crippen molar-refractivity contribution in [3.05, 3.63) is 64.7 Å². The fourth-order valence-corrected chi connectivity index (χ4v) is 3.42. The molecule has 0 aromatic heterocycles. The predicted octanol–water partition coefficient (Wildman–Crippen LogP) is 3.27. The Kier molecular flexibility index (Phi) is 6.35. The van der Waals surface area contributed by atoms with E-state index in [1.54, 1.807) is 36.3 Å². The maximum Gasteiger partial charge on any atom is 0.255 e. The number of nitrogens with zero attached hydrogens (tertiary/aromatic N) is 2. The van der Waals surface area contributed by atoms with Crippen LogP contribution in [0.5, 0.6) is 5.75 Å². The third kappa shape index (κ3) is 4.80. The van der Waals surface area contributed by atoms with Gasteiger partial charge in [0.2, 0.25) is 5.91 Å². The largest absolute Gasteiger partial charge is 0.497 e. The number of benzene rings is 2. The zero-order chi connectivity index (χ0) is 19.2. The average Bonchev–Trinajstić information content (AvgIpc) is 2.72. The number of ether oxygens (including phenoxy) is 1. The van der Waals surface area contributed by atoms with Gasteiger partial charge in [-0.3, -0.25) is 9.59 Å². The number of amides is 2. The molecule has 1 aliphatic heterocycles. The molecule has 2 aromatic carbocycles. The number of carbonyl (C=O) groups is 2. The Morgan fingerprint density at radius 2 is 1.70 bits per heavy atom. The minimum Gasteiger partial charge on any atom is -0.497 e. The van der Waals surface area contributed by atoms with Gasteiger partial charge >= 0.3 is 0 Å². The lowest BCUT2D eigenvalue weighted by atomic mass is 10.1. The number of halogens is 1. The standard InChI is InChI=1S/C21H23ClN2O3/c1-27-17-6-4-5-16(15-17)9-10-20(25)23-11-13-24(14-12-23)21(26)18-7-2-3-8-19(18)22/h2-8,15H,9-14H2,1H3. The summed E-state index contributed by atoms with van der Waals surface area (Å²) in [7, 11) is 1.63. The second-order valence-electron chi connectivity index (χ2n) is 6.50. The van der Waals surface area contributed by atoms with Gasteiger partial charge in [0.05, 0.1) is 17.7 Å². The smallest absolute Gasteiger partial charge is 0.255 e. The van der Waals surface area contributed by atoms with Crippen molar-refractivity contribution in [1.82, 2.24) is 9.80 Å². The molecule has 142 valence electrons. The molecule has 27 heavy (non-hydrogen) atoms. The molecule has 1 saturated heterocycles. The van der Waals surface area contributed by atoms with Gasteiger partial charge in [-0.15, -0.1) is 0 Å². The summed E-state index contributed by atoms with van der Waals surface area (Å²) in [4.78, 5) is 28.7. The van der Waals surface area contributed by atoms with Gasteiger partial charge in [0.1, 0.15) is 5.75 Å². The second-order valence-corrected chi connectivity index (χ2v) is 6.91. The Bertz CT molecular complexity index is 817. The van der Waals surface area contributed by atoms with Crippen molar-refractivity contribution in [2.45, 2.75) is 12.8 Å². The molecule has 0 unspecified atom stereocenters. The monoisotopic (exact) mass is 386 g/mol. The molecule has 0 radical (unpaired) electrons. The Morgan fingerprint density at radius 1 is 1.00 bits per heavy atom. The fraction of sp³-hybridized carbons (Fsp3) is 0.333. The van der Waals surface area contributed by atoms with Gasteiger partial charge < -0.3 is 14.5 Å². The Balaban J connectivity index is 1.50. The lowest BCUT2D eigenvalue weighted by Gasteiger charge is -2.35. The van der Waals surface area contributed by atoms with Crippen LogP contribution in [0.4, 0.5) is 0 Å². The van der Waals surface area contributed by atoms with Crippen molar-refractivity contribution >= 4 is 23.4 Å². The molecule has 0 atom stereocenters. The van der Waals surface area contributed by atoms with E-state index in [9.17, 15) is 9.59 Å². The van der Waals surface area contributed by atoms with Crippen LogP contribution in [0.1, 0.15) is 22.3 Å². The van der Waals surface area contributed by atoms with Crippen molar-refractivity contribution in [3.8, 4) is 5.75 Å². The summed E-state index contributed by atoms with van der Waals surface area (Å²) in [6.07, 6.45) is 1.13. The molecule has 0 N–H and O–H groups in total. The van der Waals surface area contributed by atoms with E-state index < -0.39 is 0 Å². The highest BCUT2D eigenvalue weighted by molar-refractivity contribution is 6.33. The number of rotatable bonds is 5. The van der Waals surface area contributed by atoms with Crippen LogP contribution in [0.25, 0.3) is 0 Å².